The monoisotopic (exact) mass is 241 g/mol. The van der Waals surface area contributed by atoms with E-state index in [1.165, 1.54) is 6.08 Å². The SMILES string of the molecule is CN/C(C)=C\C=O.CNc1cccc(Cl)n1. The van der Waals surface area contributed by atoms with Gasteiger partial charge in [0.2, 0.25) is 0 Å². The molecular weight excluding hydrogens is 226 g/mol. The second-order valence-corrected chi connectivity index (χ2v) is 3.22. The summed E-state index contributed by atoms with van der Waals surface area (Å²) in [5, 5.41) is 6.18. The van der Waals surface area contributed by atoms with E-state index in [-0.39, 0.29) is 0 Å². The molecule has 0 saturated heterocycles. The van der Waals surface area contributed by atoms with Crippen LogP contribution in [-0.2, 0) is 4.79 Å². The lowest BCUT2D eigenvalue weighted by Crippen LogP contribution is -2.00. The molecule has 1 heterocycles. The van der Waals surface area contributed by atoms with Crippen LogP contribution in [0.2, 0.25) is 5.15 Å². The Hall–Kier alpha value is -1.55. The number of hydrogen-bond acceptors (Lipinski definition) is 4. The summed E-state index contributed by atoms with van der Waals surface area (Å²) in [6.07, 6.45) is 2.23. The van der Waals surface area contributed by atoms with E-state index in [9.17, 15) is 4.79 Å². The van der Waals surface area contributed by atoms with Gasteiger partial charge in [0.1, 0.15) is 17.3 Å². The van der Waals surface area contributed by atoms with Crippen molar-refractivity contribution in [3.05, 3.63) is 35.1 Å². The third-order valence-corrected chi connectivity index (χ3v) is 1.89. The van der Waals surface area contributed by atoms with Gasteiger partial charge in [-0.15, -0.1) is 0 Å². The fraction of sp³-hybridized carbons (Fsp3) is 0.273. The van der Waals surface area contributed by atoms with Crippen LogP contribution in [0.5, 0.6) is 0 Å². The van der Waals surface area contributed by atoms with Crippen molar-refractivity contribution < 1.29 is 4.79 Å². The molecule has 0 bridgehead atoms. The number of allylic oxidation sites excluding steroid dienone is 2. The molecule has 1 aromatic rings. The predicted octanol–water partition coefficient (Wildman–Crippen LogP) is 2.09. The average molecular weight is 242 g/mol. The van der Waals surface area contributed by atoms with E-state index in [2.05, 4.69) is 15.6 Å². The van der Waals surface area contributed by atoms with E-state index in [0.717, 1.165) is 17.8 Å². The van der Waals surface area contributed by atoms with Gasteiger partial charge in [-0.05, 0) is 25.1 Å². The molecular formula is C11H16ClN3O. The minimum atomic E-state index is 0.516. The average Bonchev–Trinajstić information content (AvgIpc) is 2.30. The first-order valence-corrected chi connectivity index (χ1v) is 5.12. The molecule has 1 aromatic heterocycles. The van der Waals surface area contributed by atoms with Crippen molar-refractivity contribution in [2.45, 2.75) is 6.92 Å². The molecule has 0 spiro atoms. The number of nitrogens with zero attached hydrogens (tertiary/aromatic N) is 1. The summed E-state index contributed by atoms with van der Waals surface area (Å²) in [7, 11) is 3.58. The molecule has 0 aliphatic heterocycles. The molecule has 0 unspecified atom stereocenters. The van der Waals surface area contributed by atoms with Crippen molar-refractivity contribution in [2.24, 2.45) is 0 Å². The van der Waals surface area contributed by atoms with E-state index in [4.69, 9.17) is 11.6 Å². The predicted molar refractivity (Wildman–Crippen MR) is 67.7 cm³/mol. The van der Waals surface area contributed by atoms with Crippen LogP contribution in [-0.4, -0.2) is 25.4 Å². The number of halogens is 1. The van der Waals surface area contributed by atoms with Gasteiger partial charge in [0, 0.05) is 19.8 Å². The van der Waals surface area contributed by atoms with Gasteiger partial charge in [-0.3, -0.25) is 4.79 Å². The number of rotatable bonds is 3. The Labute approximate surface area is 101 Å². The number of pyridine rings is 1. The van der Waals surface area contributed by atoms with Crippen LogP contribution in [0.1, 0.15) is 6.92 Å². The molecule has 0 aromatic carbocycles. The minimum absolute atomic E-state index is 0.516. The zero-order valence-corrected chi connectivity index (χ0v) is 10.4. The van der Waals surface area contributed by atoms with Crippen LogP contribution in [0, 0.1) is 0 Å². The van der Waals surface area contributed by atoms with E-state index in [1.54, 1.807) is 20.2 Å². The molecule has 0 saturated carbocycles. The Morgan fingerprint density at radius 1 is 1.44 bits per heavy atom. The summed E-state index contributed by atoms with van der Waals surface area (Å²) >= 11 is 5.57. The van der Waals surface area contributed by atoms with Gasteiger partial charge < -0.3 is 10.6 Å². The third-order valence-electron chi connectivity index (χ3n) is 1.68. The minimum Gasteiger partial charge on any atom is -0.392 e. The maximum absolute atomic E-state index is 9.66. The molecule has 0 aliphatic rings. The van der Waals surface area contributed by atoms with Gasteiger partial charge in [-0.25, -0.2) is 4.98 Å². The molecule has 0 radical (unpaired) electrons. The van der Waals surface area contributed by atoms with Crippen molar-refractivity contribution in [2.75, 3.05) is 19.4 Å². The van der Waals surface area contributed by atoms with Crippen LogP contribution < -0.4 is 10.6 Å². The Morgan fingerprint density at radius 3 is 2.44 bits per heavy atom. The van der Waals surface area contributed by atoms with E-state index in [1.807, 2.05) is 19.1 Å². The highest BCUT2D eigenvalue weighted by atomic mass is 35.5. The van der Waals surface area contributed by atoms with Gasteiger partial charge >= 0.3 is 0 Å². The largest absolute Gasteiger partial charge is 0.392 e. The highest BCUT2D eigenvalue weighted by Gasteiger charge is 1.88. The van der Waals surface area contributed by atoms with Crippen LogP contribution in [0.15, 0.2) is 30.0 Å². The van der Waals surface area contributed by atoms with Gasteiger partial charge in [0.05, 0.1) is 0 Å². The summed E-state index contributed by atoms with van der Waals surface area (Å²) in [5.74, 6) is 0.794. The second kappa shape index (κ2) is 8.73. The summed E-state index contributed by atoms with van der Waals surface area (Å²) in [4.78, 5) is 13.6. The third kappa shape index (κ3) is 6.84. The Morgan fingerprint density at radius 2 is 2.12 bits per heavy atom. The quantitative estimate of drug-likeness (QED) is 0.483. The maximum atomic E-state index is 9.66. The van der Waals surface area contributed by atoms with Crippen molar-refractivity contribution >= 4 is 23.7 Å². The normalized spacial score (nSPS) is 9.88. The van der Waals surface area contributed by atoms with Crippen molar-refractivity contribution in [3.8, 4) is 0 Å². The molecule has 0 aliphatic carbocycles. The highest BCUT2D eigenvalue weighted by molar-refractivity contribution is 6.29. The van der Waals surface area contributed by atoms with Crippen LogP contribution in [0.4, 0.5) is 5.82 Å². The summed E-state index contributed by atoms with van der Waals surface area (Å²) in [6.45, 7) is 1.83. The molecule has 2 N–H and O–H groups in total. The smallest absolute Gasteiger partial charge is 0.144 e. The van der Waals surface area contributed by atoms with Gasteiger partial charge in [-0.1, -0.05) is 17.7 Å². The molecule has 88 valence electrons. The van der Waals surface area contributed by atoms with Crippen LogP contribution in [0.25, 0.3) is 0 Å². The zero-order chi connectivity index (χ0) is 12.4. The fourth-order valence-corrected chi connectivity index (χ4v) is 0.897. The molecule has 0 fully saturated rings. The number of carbonyl (C=O) groups excluding carboxylic acids is 1. The molecule has 1 rings (SSSR count). The number of hydrogen-bond donors (Lipinski definition) is 2. The Balaban J connectivity index is 0.000000293. The Bertz CT molecular complexity index is 353. The lowest BCUT2D eigenvalue weighted by molar-refractivity contribution is -0.104. The van der Waals surface area contributed by atoms with Gasteiger partial charge in [0.15, 0.2) is 0 Å². The van der Waals surface area contributed by atoms with E-state index < -0.39 is 0 Å². The molecule has 0 atom stereocenters. The number of aromatic nitrogens is 1. The zero-order valence-electron chi connectivity index (χ0n) is 9.62. The number of anilines is 1. The molecule has 0 amide bonds. The fourth-order valence-electron chi connectivity index (χ4n) is 0.733. The van der Waals surface area contributed by atoms with Crippen LogP contribution >= 0.6 is 11.6 Å². The first kappa shape index (κ1) is 14.5. The number of nitrogens with one attached hydrogen (secondary N) is 2. The van der Waals surface area contributed by atoms with Crippen molar-refractivity contribution in [3.63, 3.8) is 0 Å². The number of carbonyl (C=O) groups is 1. The topological polar surface area (TPSA) is 54.0 Å². The molecule has 4 nitrogen and oxygen atoms in total. The lowest BCUT2D eigenvalue weighted by Gasteiger charge is -1.95. The van der Waals surface area contributed by atoms with Crippen LogP contribution in [0.3, 0.4) is 0 Å². The summed E-state index contributed by atoms with van der Waals surface area (Å²) in [6, 6.07) is 5.44. The van der Waals surface area contributed by atoms with E-state index in [0.29, 0.717) is 5.15 Å². The Kier molecular flexibility index (Phi) is 7.89. The van der Waals surface area contributed by atoms with Gasteiger partial charge in [-0.2, -0.15) is 0 Å². The number of aldehydes is 1. The molecule has 5 heteroatoms. The van der Waals surface area contributed by atoms with E-state index >= 15 is 0 Å². The maximum Gasteiger partial charge on any atom is 0.144 e. The molecule has 16 heavy (non-hydrogen) atoms. The first-order chi connectivity index (χ1) is 7.63. The summed E-state index contributed by atoms with van der Waals surface area (Å²) in [5.41, 5.74) is 0.884. The first-order valence-electron chi connectivity index (χ1n) is 4.74. The van der Waals surface area contributed by atoms with Crippen molar-refractivity contribution in [1.29, 1.82) is 0 Å². The lowest BCUT2D eigenvalue weighted by atomic mass is 10.5. The standard InChI is InChI=1S/C6H7ClN2.C5H9NO/c1-8-6-4-2-3-5(7)9-6;1-5(6-2)3-4-7/h2-4H,1H3,(H,8,9);3-4,6H,1-2H3/b;5-3-. The summed E-state index contributed by atoms with van der Waals surface area (Å²) < 4.78 is 0. The van der Waals surface area contributed by atoms with Gasteiger partial charge in [0.25, 0.3) is 0 Å². The second-order valence-electron chi connectivity index (χ2n) is 2.83. The van der Waals surface area contributed by atoms with Crippen molar-refractivity contribution in [1.82, 2.24) is 10.3 Å². The highest BCUT2D eigenvalue weighted by Crippen LogP contribution is 2.07.